The van der Waals surface area contributed by atoms with E-state index >= 15 is 0 Å². The minimum Gasteiger partial charge on any atom is -0.348 e. The van der Waals surface area contributed by atoms with Gasteiger partial charge in [0.2, 0.25) is 0 Å². The highest BCUT2D eigenvalue weighted by Crippen LogP contribution is 2.45. The van der Waals surface area contributed by atoms with Gasteiger partial charge in [-0.05, 0) is 12.8 Å². The summed E-state index contributed by atoms with van der Waals surface area (Å²) < 4.78 is 10.7. The molecular formula is C6H8Br2O2. The van der Waals surface area contributed by atoms with E-state index in [4.69, 9.17) is 9.47 Å². The summed E-state index contributed by atoms with van der Waals surface area (Å²) in [6.07, 6.45) is 2.40. The summed E-state index contributed by atoms with van der Waals surface area (Å²) in [4.78, 5) is 0. The van der Waals surface area contributed by atoms with Crippen molar-refractivity contribution in [3.8, 4) is 0 Å². The highest BCUT2D eigenvalue weighted by Gasteiger charge is 2.46. The largest absolute Gasteiger partial charge is 0.348 e. The fourth-order valence-electron chi connectivity index (χ4n) is 1.29. The van der Waals surface area contributed by atoms with Gasteiger partial charge in [-0.1, -0.05) is 31.9 Å². The zero-order chi connectivity index (χ0) is 7.19. The van der Waals surface area contributed by atoms with Gasteiger partial charge in [0.1, 0.15) is 3.23 Å². The summed E-state index contributed by atoms with van der Waals surface area (Å²) in [6, 6.07) is 0. The van der Waals surface area contributed by atoms with E-state index in [0.717, 1.165) is 19.4 Å². The highest BCUT2D eigenvalue weighted by molar-refractivity contribution is 9.25. The van der Waals surface area contributed by atoms with Gasteiger partial charge in [-0.15, -0.1) is 0 Å². The lowest BCUT2D eigenvalue weighted by Gasteiger charge is -2.30. The topological polar surface area (TPSA) is 18.5 Å². The highest BCUT2D eigenvalue weighted by atomic mass is 79.9. The van der Waals surface area contributed by atoms with Crippen molar-refractivity contribution >= 4 is 31.9 Å². The minimum atomic E-state index is -0.132. The summed E-state index contributed by atoms with van der Waals surface area (Å²) >= 11 is 7.02. The Labute approximate surface area is 76.5 Å². The van der Waals surface area contributed by atoms with Crippen LogP contribution in [0.4, 0.5) is 0 Å². The van der Waals surface area contributed by atoms with Crippen molar-refractivity contribution in [3.05, 3.63) is 0 Å². The number of halogens is 2. The molecule has 10 heavy (non-hydrogen) atoms. The maximum absolute atomic E-state index is 5.50. The molecule has 2 heterocycles. The van der Waals surface area contributed by atoms with E-state index in [1.54, 1.807) is 0 Å². The normalized spacial score (nSPS) is 43.8. The van der Waals surface area contributed by atoms with E-state index < -0.39 is 0 Å². The smallest absolute Gasteiger partial charge is 0.183 e. The Balaban J connectivity index is 2.14. The lowest BCUT2D eigenvalue weighted by atomic mass is 10.1. The van der Waals surface area contributed by atoms with Gasteiger partial charge in [0.25, 0.3) is 0 Å². The average Bonchev–Trinajstić information content (AvgIpc) is 2.26. The summed E-state index contributed by atoms with van der Waals surface area (Å²) in [5.41, 5.74) is 0. The Morgan fingerprint density at radius 2 is 2.20 bits per heavy atom. The van der Waals surface area contributed by atoms with Crippen LogP contribution in [-0.4, -0.2) is 22.2 Å². The number of alkyl halides is 2. The minimum absolute atomic E-state index is 0.0914. The van der Waals surface area contributed by atoms with Crippen LogP contribution in [0.25, 0.3) is 0 Å². The lowest BCUT2D eigenvalue weighted by Crippen LogP contribution is -2.35. The Bertz CT molecular complexity index is 149. The first-order valence-electron chi connectivity index (χ1n) is 3.33. The van der Waals surface area contributed by atoms with Crippen LogP contribution in [0.5, 0.6) is 0 Å². The predicted octanol–water partition coefficient (Wildman–Crippen LogP) is 2.01. The van der Waals surface area contributed by atoms with Crippen molar-refractivity contribution in [1.82, 2.24) is 0 Å². The fraction of sp³-hybridized carbons (Fsp3) is 1.00. The SMILES string of the molecule is BrC1(Br)CCC2COC1O2. The lowest BCUT2D eigenvalue weighted by molar-refractivity contribution is -0.0812. The standard InChI is InChI=1S/C6H8Br2O2/c7-6(8)2-1-4-3-9-5(6)10-4/h4-5H,1-3H2. The molecule has 0 aromatic heterocycles. The van der Waals surface area contributed by atoms with Gasteiger partial charge < -0.3 is 9.47 Å². The van der Waals surface area contributed by atoms with Crippen LogP contribution in [0.15, 0.2) is 0 Å². The van der Waals surface area contributed by atoms with Crippen LogP contribution < -0.4 is 0 Å². The van der Waals surface area contributed by atoms with E-state index in [1.807, 2.05) is 0 Å². The molecule has 0 aliphatic carbocycles. The third-order valence-electron chi connectivity index (χ3n) is 1.89. The van der Waals surface area contributed by atoms with Crippen LogP contribution in [0.2, 0.25) is 0 Å². The molecule has 2 aliphatic heterocycles. The van der Waals surface area contributed by atoms with Crippen LogP contribution in [0.3, 0.4) is 0 Å². The second-order valence-electron chi connectivity index (χ2n) is 2.72. The van der Waals surface area contributed by atoms with Crippen LogP contribution in [-0.2, 0) is 9.47 Å². The van der Waals surface area contributed by atoms with Crippen molar-refractivity contribution in [2.24, 2.45) is 0 Å². The molecule has 0 N–H and O–H groups in total. The van der Waals surface area contributed by atoms with E-state index in [2.05, 4.69) is 31.9 Å². The fourth-order valence-corrected chi connectivity index (χ4v) is 2.23. The molecule has 0 saturated carbocycles. The Hall–Kier alpha value is 0.880. The van der Waals surface area contributed by atoms with Gasteiger partial charge >= 0.3 is 0 Å². The number of fused-ring (bicyclic) bond motifs is 2. The van der Waals surface area contributed by atoms with Gasteiger partial charge in [-0.2, -0.15) is 0 Å². The molecule has 58 valence electrons. The van der Waals surface area contributed by atoms with Crippen molar-refractivity contribution in [3.63, 3.8) is 0 Å². The van der Waals surface area contributed by atoms with Gasteiger partial charge in [-0.3, -0.25) is 0 Å². The Kier molecular flexibility index (Phi) is 1.83. The first-order valence-corrected chi connectivity index (χ1v) is 4.92. The summed E-state index contributed by atoms with van der Waals surface area (Å²) in [7, 11) is 0. The van der Waals surface area contributed by atoms with Crippen molar-refractivity contribution in [2.75, 3.05) is 6.61 Å². The maximum Gasteiger partial charge on any atom is 0.183 e. The number of hydrogen-bond donors (Lipinski definition) is 0. The summed E-state index contributed by atoms with van der Waals surface area (Å²) in [5, 5.41) is 0. The monoisotopic (exact) mass is 270 g/mol. The third-order valence-corrected chi connectivity index (χ3v) is 3.43. The molecule has 0 aromatic rings. The predicted molar refractivity (Wildman–Crippen MR) is 44.4 cm³/mol. The second kappa shape index (κ2) is 2.44. The zero-order valence-electron chi connectivity index (χ0n) is 5.35. The molecule has 2 unspecified atom stereocenters. The molecule has 2 fully saturated rings. The van der Waals surface area contributed by atoms with Gasteiger partial charge in [-0.25, -0.2) is 0 Å². The molecule has 2 bridgehead atoms. The van der Waals surface area contributed by atoms with Gasteiger partial charge in [0.15, 0.2) is 6.29 Å². The third kappa shape index (κ3) is 1.15. The van der Waals surface area contributed by atoms with Crippen LogP contribution in [0, 0.1) is 0 Å². The Morgan fingerprint density at radius 3 is 2.90 bits per heavy atom. The van der Waals surface area contributed by atoms with E-state index in [9.17, 15) is 0 Å². The van der Waals surface area contributed by atoms with Gasteiger partial charge in [0, 0.05) is 0 Å². The van der Waals surface area contributed by atoms with E-state index in [-0.39, 0.29) is 9.52 Å². The van der Waals surface area contributed by atoms with Gasteiger partial charge in [0.05, 0.1) is 12.7 Å². The molecular weight excluding hydrogens is 264 g/mol. The second-order valence-corrected chi connectivity index (χ2v) is 6.62. The van der Waals surface area contributed by atoms with Crippen molar-refractivity contribution in [2.45, 2.75) is 28.5 Å². The number of hydrogen-bond acceptors (Lipinski definition) is 2. The van der Waals surface area contributed by atoms with Crippen molar-refractivity contribution < 1.29 is 9.47 Å². The molecule has 0 radical (unpaired) electrons. The van der Waals surface area contributed by atoms with Crippen molar-refractivity contribution in [1.29, 1.82) is 0 Å². The van der Waals surface area contributed by atoms with Crippen LogP contribution in [0.1, 0.15) is 12.8 Å². The number of rotatable bonds is 0. The number of ether oxygens (including phenoxy) is 2. The molecule has 0 amide bonds. The average molecular weight is 272 g/mol. The first kappa shape index (κ1) is 7.53. The zero-order valence-corrected chi connectivity index (χ0v) is 8.52. The molecule has 0 aromatic carbocycles. The molecule has 4 heteroatoms. The molecule has 2 atom stereocenters. The molecule has 2 rings (SSSR count). The van der Waals surface area contributed by atoms with Crippen LogP contribution >= 0.6 is 31.9 Å². The molecule has 2 aliphatic rings. The molecule has 0 spiro atoms. The Morgan fingerprint density at radius 1 is 1.40 bits per heavy atom. The maximum atomic E-state index is 5.50. The molecule has 2 nitrogen and oxygen atoms in total. The van der Waals surface area contributed by atoms with E-state index in [0.29, 0.717) is 6.10 Å². The molecule has 2 saturated heterocycles. The summed E-state index contributed by atoms with van der Waals surface area (Å²) in [6.45, 7) is 0.754. The summed E-state index contributed by atoms with van der Waals surface area (Å²) in [5.74, 6) is 0. The van der Waals surface area contributed by atoms with E-state index in [1.165, 1.54) is 0 Å². The first-order chi connectivity index (χ1) is 4.68. The quantitative estimate of drug-likeness (QED) is 0.628.